The first-order valence-corrected chi connectivity index (χ1v) is 8.80. The van der Waals surface area contributed by atoms with Crippen molar-refractivity contribution in [2.45, 2.75) is 25.1 Å². The Labute approximate surface area is 141 Å². The lowest BCUT2D eigenvalue weighted by atomic mass is 10.0. The van der Waals surface area contributed by atoms with Gasteiger partial charge in [0.1, 0.15) is 5.54 Å². The maximum atomic E-state index is 12.1. The number of aromatic nitrogens is 2. The van der Waals surface area contributed by atoms with Crippen molar-refractivity contribution in [2.75, 3.05) is 12.8 Å². The molecule has 1 N–H and O–H groups in total. The van der Waals surface area contributed by atoms with Gasteiger partial charge in [0.2, 0.25) is 5.91 Å². The van der Waals surface area contributed by atoms with Crippen LogP contribution in [0.1, 0.15) is 19.5 Å². The molecule has 124 valence electrons. The van der Waals surface area contributed by atoms with E-state index < -0.39 is 11.5 Å². The Morgan fingerprint density at radius 3 is 2.83 bits per heavy atom. The van der Waals surface area contributed by atoms with Gasteiger partial charge in [-0.05, 0) is 13.8 Å². The number of nitrogens with zero attached hydrogens (tertiary/aromatic N) is 3. The van der Waals surface area contributed by atoms with Crippen LogP contribution in [0.4, 0.5) is 0 Å². The number of carboxylic acids is 1. The minimum absolute atomic E-state index is 0.124. The Bertz CT molecular complexity index is 797. The molecule has 1 amide bonds. The van der Waals surface area contributed by atoms with Crippen molar-refractivity contribution in [2.24, 2.45) is 0 Å². The van der Waals surface area contributed by atoms with E-state index in [-0.39, 0.29) is 17.2 Å². The number of aliphatic carboxylic acids is 1. The van der Waals surface area contributed by atoms with Crippen molar-refractivity contribution in [3.05, 3.63) is 33.7 Å². The van der Waals surface area contributed by atoms with Crippen molar-refractivity contribution < 1.29 is 14.7 Å². The van der Waals surface area contributed by atoms with Gasteiger partial charge in [0.15, 0.2) is 4.96 Å². The number of thioether (sulfide) groups is 1. The van der Waals surface area contributed by atoms with E-state index in [4.69, 9.17) is 5.11 Å². The van der Waals surface area contributed by atoms with Crippen LogP contribution in [0.25, 0.3) is 4.96 Å². The van der Waals surface area contributed by atoms with E-state index in [0.717, 1.165) is 0 Å². The molecule has 23 heavy (non-hydrogen) atoms. The second kappa shape index (κ2) is 6.71. The van der Waals surface area contributed by atoms with E-state index >= 15 is 0 Å². The predicted molar refractivity (Wildman–Crippen MR) is 90.0 cm³/mol. The molecule has 2 aromatic heterocycles. The average Bonchev–Trinajstić information content (AvgIpc) is 2.95. The van der Waals surface area contributed by atoms with Crippen LogP contribution in [0, 0.1) is 0 Å². The number of carbonyl (C=O) groups is 2. The first-order chi connectivity index (χ1) is 10.7. The highest BCUT2D eigenvalue weighted by atomic mass is 32.2. The van der Waals surface area contributed by atoms with Gasteiger partial charge in [-0.25, -0.2) is 9.78 Å². The van der Waals surface area contributed by atoms with Gasteiger partial charge in [0.05, 0.1) is 11.4 Å². The number of carbonyl (C=O) groups excluding carboxylic acids is 1. The van der Waals surface area contributed by atoms with Gasteiger partial charge in [0, 0.05) is 30.4 Å². The molecule has 0 spiro atoms. The Hall–Kier alpha value is -1.87. The van der Waals surface area contributed by atoms with E-state index in [2.05, 4.69) is 4.98 Å². The smallest absolute Gasteiger partial charge is 0.329 e. The topological polar surface area (TPSA) is 92.0 Å². The monoisotopic (exact) mass is 355 g/mol. The van der Waals surface area contributed by atoms with E-state index in [9.17, 15) is 14.4 Å². The van der Waals surface area contributed by atoms with E-state index in [1.54, 1.807) is 11.6 Å². The molecule has 2 aromatic rings. The van der Waals surface area contributed by atoms with Gasteiger partial charge in [-0.3, -0.25) is 14.0 Å². The van der Waals surface area contributed by atoms with Crippen LogP contribution >= 0.6 is 23.1 Å². The van der Waals surface area contributed by atoms with Crippen LogP contribution in [-0.4, -0.2) is 49.6 Å². The second-order valence-corrected chi connectivity index (χ2v) is 7.31. The van der Waals surface area contributed by atoms with Crippen molar-refractivity contribution in [1.82, 2.24) is 14.3 Å². The zero-order chi connectivity index (χ0) is 17.2. The quantitative estimate of drug-likeness (QED) is 0.840. The summed E-state index contributed by atoms with van der Waals surface area (Å²) in [5, 5.41) is 10.9. The molecular weight excluding hydrogens is 338 g/mol. The molecular formula is C14H17N3O4S2. The molecule has 0 aromatic carbocycles. The van der Waals surface area contributed by atoms with E-state index in [0.29, 0.717) is 16.4 Å². The number of likely N-dealkylation sites (N-methyl/N-ethyl adjacent to an activating group) is 1. The Morgan fingerprint density at radius 2 is 2.17 bits per heavy atom. The standard InChI is InChI=1S/C14H17N3O4S2/c1-14(2,12(20)21)16(3)11(19)8-22-7-9-6-10(18)17-4-5-23-13(17)15-9/h4-6H,7-8H2,1-3H3,(H,20,21). The summed E-state index contributed by atoms with van der Waals surface area (Å²) in [6, 6.07) is 1.45. The minimum atomic E-state index is -1.26. The summed E-state index contributed by atoms with van der Waals surface area (Å²) >= 11 is 2.67. The maximum Gasteiger partial charge on any atom is 0.329 e. The number of fused-ring (bicyclic) bond motifs is 1. The zero-order valence-corrected chi connectivity index (χ0v) is 14.6. The Kier molecular flexibility index (Phi) is 5.10. The van der Waals surface area contributed by atoms with Gasteiger partial charge < -0.3 is 10.0 Å². The molecule has 9 heteroatoms. The van der Waals surface area contributed by atoms with E-state index in [1.807, 2.05) is 0 Å². The molecule has 7 nitrogen and oxygen atoms in total. The van der Waals surface area contributed by atoms with Crippen LogP contribution in [-0.2, 0) is 15.3 Å². The third-order valence-electron chi connectivity index (χ3n) is 3.57. The summed E-state index contributed by atoms with van der Waals surface area (Å²) in [7, 11) is 1.47. The lowest BCUT2D eigenvalue weighted by molar-refractivity contribution is -0.154. The summed E-state index contributed by atoms with van der Waals surface area (Å²) < 4.78 is 1.47. The number of rotatable bonds is 6. The van der Waals surface area contributed by atoms with Crippen LogP contribution in [0.3, 0.4) is 0 Å². The molecule has 0 aliphatic carbocycles. The highest BCUT2D eigenvalue weighted by molar-refractivity contribution is 7.99. The number of thiazole rings is 1. The molecule has 2 rings (SSSR count). The number of carboxylic acid groups (broad SMARTS) is 1. The molecule has 0 saturated carbocycles. The lowest BCUT2D eigenvalue weighted by Gasteiger charge is -2.31. The van der Waals surface area contributed by atoms with Crippen LogP contribution in [0.2, 0.25) is 0 Å². The fourth-order valence-corrected chi connectivity index (χ4v) is 3.32. The molecule has 2 heterocycles. The molecule has 0 unspecified atom stereocenters. The van der Waals surface area contributed by atoms with Gasteiger partial charge in [0.25, 0.3) is 5.56 Å². The van der Waals surface area contributed by atoms with Gasteiger partial charge in [-0.2, -0.15) is 0 Å². The van der Waals surface area contributed by atoms with Crippen molar-refractivity contribution in [3.63, 3.8) is 0 Å². The third-order valence-corrected chi connectivity index (χ3v) is 5.28. The Morgan fingerprint density at radius 1 is 1.48 bits per heavy atom. The fourth-order valence-electron chi connectivity index (χ4n) is 1.76. The van der Waals surface area contributed by atoms with Gasteiger partial charge in [-0.15, -0.1) is 23.1 Å². The molecule has 0 saturated heterocycles. The van der Waals surface area contributed by atoms with Crippen LogP contribution in [0.5, 0.6) is 0 Å². The summed E-state index contributed by atoms with van der Waals surface area (Å²) in [4.78, 5) is 41.3. The van der Waals surface area contributed by atoms with Crippen molar-refractivity contribution >= 4 is 39.9 Å². The summed E-state index contributed by atoms with van der Waals surface area (Å²) in [5.41, 5.74) is -0.803. The van der Waals surface area contributed by atoms with Crippen LogP contribution in [0.15, 0.2) is 22.4 Å². The SMILES string of the molecule is CN(C(=O)CSCc1cc(=O)n2ccsc2n1)C(C)(C)C(=O)O. The lowest BCUT2D eigenvalue weighted by Crippen LogP contribution is -2.51. The van der Waals surface area contributed by atoms with Gasteiger partial charge >= 0.3 is 5.97 Å². The normalized spacial score (nSPS) is 11.6. The summed E-state index contributed by atoms with van der Waals surface area (Å²) in [6.45, 7) is 2.95. The first-order valence-electron chi connectivity index (χ1n) is 6.77. The first kappa shape index (κ1) is 17.5. The van der Waals surface area contributed by atoms with Crippen LogP contribution < -0.4 is 5.56 Å². The predicted octanol–water partition coefficient (Wildman–Crippen LogP) is 1.31. The largest absolute Gasteiger partial charge is 0.480 e. The molecule has 0 atom stereocenters. The number of amides is 1. The highest BCUT2D eigenvalue weighted by Crippen LogP contribution is 2.17. The highest BCUT2D eigenvalue weighted by Gasteiger charge is 2.34. The van der Waals surface area contributed by atoms with Gasteiger partial charge in [-0.1, -0.05) is 0 Å². The number of hydrogen-bond donors (Lipinski definition) is 1. The fraction of sp³-hybridized carbons (Fsp3) is 0.429. The molecule has 0 bridgehead atoms. The minimum Gasteiger partial charge on any atom is -0.480 e. The number of hydrogen-bond acceptors (Lipinski definition) is 6. The summed E-state index contributed by atoms with van der Waals surface area (Å²) in [5.74, 6) is -0.803. The third kappa shape index (κ3) is 3.73. The summed E-state index contributed by atoms with van der Waals surface area (Å²) in [6.07, 6.45) is 1.67. The zero-order valence-electron chi connectivity index (χ0n) is 13.0. The maximum absolute atomic E-state index is 12.1. The molecule has 0 aliphatic heterocycles. The van der Waals surface area contributed by atoms with Crippen molar-refractivity contribution in [3.8, 4) is 0 Å². The molecule has 0 aliphatic rings. The average molecular weight is 355 g/mol. The molecule has 0 radical (unpaired) electrons. The molecule has 0 fully saturated rings. The van der Waals surface area contributed by atoms with E-state index in [1.165, 1.54) is 59.4 Å². The Balaban J connectivity index is 1.97. The second-order valence-electron chi connectivity index (χ2n) is 5.45. The van der Waals surface area contributed by atoms with Crippen molar-refractivity contribution in [1.29, 1.82) is 0 Å².